The molecular weight excluding hydrogens is 234 g/mol. The van der Waals surface area contributed by atoms with Gasteiger partial charge in [-0.3, -0.25) is 14.9 Å². The predicted octanol–water partition coefficient (Wildman–Crippen LogP) is 2.39. The molecule has 0 unspecified atom stereocenters. The first kappa shape index (κ1) is 12.4. The third-order valence-corrected chi connectivity index (χ3v) is 2.26. The van der Waals surface area contributed by atoms with E-state index in [1.54, 1.807) is 0 Å². The van der Waals surface area contributed by atoms with Crippen LogP contribution in [-0.2, 0) is 11.2 Å². The molecule has 86 valence electrons. The molecule has 5 nitrogen and oxygen atoms in total. The number of benzene rings is 1. The van der Waals surface area contributed by atoms with E-state index in [0.29, 0.717) is 5.75 Å². The number of halogens is 1. The highest BCUT2D eigenvalue weighted by Crippen LogP contribution is 2.33. The van der Waals surface area contributed by atoms with E-state index in [-0.39, 0.29) is 28.5 Å². The summed E-state index contributed by atoms with van der Waals surface area (Å²) in [6.07, 6.45) is -0.0345. The van der Waals surface area contributed by atoms with Crippen LogP contribution < -0.4 is 4.74 Å². The SMILES string of the molecule is COc1cc(Cl)c([N+](=O)[O-])c(CC(C)=O)c1. The van der Waals surface area contributed by atoms with Gasteiger partial charge in [0.05, 0.1) is 12.0 Å². The number of nitrogens with zero attached hydrogens (tertiary/aromatic N) is 1. The van der Waals surface area contributed by atoms with Crippen LogP contribution in [0.15, 0.2) is 12.1 Å². The van der Waals surface area contributed by atoms with Crippen LogP contribution in [0.3, 0.4) is 0 Å². The highest BCUT2D eigenvalue weighted by Gasteiger charge is 2.21. The zero-order valence-corrected chi connectivity index (χ0v) is 9.58. The molecule has 0 fully saturated rings. The van der Waals surface area contributed by atoms with Gasteiger partial charge in [0.25, 0.3) is 5.69 Å². The number of hydrogen-bond donors (Lipinski definition) is 0. The summed E-state index contributed by atoms with van der Waals surface area (Å²) >= 11 is 5.76. The van der Waals surface area contributed by atoms with Crippen molar-refractivity contribution in [2.75, 3.05) is 7.11 Å². The van der Waals surface area contributed by atoms with Gasteiger partial charge < -0.3 is 4.74 Å². The molecule has 0 aliphatic carbocycles. The van der Waals surface area contributed by atoms with E-state index < -0.39 is 4.92 Å². The molecule has 0 heterocycles. The monoisotopic (exact) mass is 243 g/mol. The largest absolute Gasteiger partial charge is 0.497 e. The number of nitro benzene ring substituents is 1. The fourth-order valence-corrected chi connectivity index (χ4v) is 1.65. The van der Waals surface area contributed by atoms with Crippen LogP contribution >= 0.6 is 11.6 Å². The number of ether oxygens (including phenoxy) is 1. The lowest BCUT2D eigenvalue weighted by Gasteiger charge is -2.06. The molecule has 0 radical (unpaired) electrons. The Bertz CT molecular complexity index is 445. The highest BCUT2D eigenvalue weighted by atomic mass is 35.5. The summed E-state index contributed by atoms with van der Waals surface area (Å²) in [7, 11) is 1.43. The van der Waals surface area contributed by atoms with E-state index in [2.05, 4.69) is 0 Å². The van der Waals surface area contributed by atoms with Crippen LogP contribution in [0.4, 0.5) is 5.69 Å². The summed E-state index contributed by atoms with van der Waals surface area (Å²) in [6.45, 7) is 1.36. The molecule has 0 N–H and O–H groups in total. The Morgan fingerprint density at radius 1 is 1.56 bits per heavy atom. The average molecular weight is 244 g/mol. The maximum absolute atomic E-state index is 11.0. The van der Waals surface area contributed by atoms with Gasteiger partial charge in [0, 0.05) is 18.1 Å². The van der Waals surface area contributed by atoms with Crippen molar-refractivity contribution in [3.63, 3.8) is 0 Å². The van der Waals surface area contributed by atoms with Gasteiger partial charge in [-0.2, -0.15) is 0 Å². The molecule has 0 aliphatic heterocycles. The maximum Gasteiger partial charge on any atom is 0.291 e. The molecule has 0 aromatic heterocycles. The summed E-state index contributed by atoms with van der Waals surface area (Å²) in [5, 5.41) is 10.8. The first-order chi connectivity index (χ1) is 7.45. The second-order valence-corrected chi connectivity index (χ2v) is 3.66. The Kier molecular flexibility index (Phi) is 3.84. The minimum absolute atomic E-state index is 0.0272. The van der Waals surface area contributed by atoms with Crippen molar-refractivity contribution in [2.24, 2.45) is 0 Å². The molecule has 0 atom stereocenters. The average Bonchev–Trinajstić information content (AvgIpc) is 2.14. The second-order valence-electron chi connectivity index (χ2n) is 3.25. The van der Waals surface area contributed by atoms with Gasteiger partial charge in [-0.25, -0.2) is 0 Å². The molecule has 0 amide bonds. The molecule has 0 saturated heterocycles. The zero-order valence-electron chi connectivity index (χ0n) is 8.82. The van der Waals surface area contributed by atoms with Gasteiger partial charge in [-0.05, 0) is 13.0 Å². The molecule has 0 spiro atoms. The van der Waals surface area contributed by atoms with Crippen molar-refractivity contribution < 1.29 is 14.5 Å². The van der Waals surface area contributed by atoms with Crippen LogP contribution in [0.2, 0.25) is 5.02 Å². The normalized spacial score (nSPS) is 9.94. The summed E-state index contributed by atoms with van der Waals surface area (Å²) in [5.41, 5.74) is 0.0273. The van der Waals surface area contributed by atoms with Crippen molar-refractivity contribution in [2.45, 2.75) is 13.3 Å². The minimum atomic E-state index is -0.597. The third-order valence-electron chi connectivity index (χ3n) is 1.97. The summed E-state index contributed by atoms with van der Waals surface area (Å²) in [5.74, 6) is 0.222. The Morgan fingerprint density at radius 2 is 2.19 bits per heavy atom. The molecule has 1 aromatic carbocycles. The predicted molar refractivity (Wildman–Crippen MR) is 59.0 cm³/mol. The second kappa shape index (κ2) is 4.94. The number of rotatable bonds is 4. The number of methoxy groups -OCH3 is 1. The van der Waals surface area contributed by atoms with Gasteiger partial charge in [-0.1, -0.05) is 11.6 Å². The van der Waals surface area contributed by atoms with Crippen molar-refractivity contribution in [3.05, 3.63) is 32.8 Å². The fraction of sp³-hybridized carbons (Fsp3) is 0.300. The lowest BCUT2D eigenvalue weighted by Crippen LogP contribution is -2.02. The van der Waals surface area contributed by atoms with Gasteiger partial charge >= 0.3 is 0 Å². The molecule has 0 saturated carbocycles. The lowest BCUT2D eigenvalue weighted by molar-refractivity contribution is -0.385. The van der Waals surface area contributed by atoms with Crippen molar-refractivity contribution in [1.29, 1.82) is 0 Å². The quantitative estimate of drug-likeness (QED) is 0.601. The number of carbonyl (C=O) groups excluding carboxylic acids is 1. The molecule has 0 aliphatic rings. The molecule has 1 aromatic rings. The van der Waals surface area contributed by atoms with E-state index in [9.17, 15) is 14.9 Å². The van der Waals surface area contributed by atoms with E-state index >= 15 is 0 Å². The van der Waals surface area contributed by atoms with Crippen LogP contribution in [-0.4, -0.2) is 17.8 Å². The van der Waals surface area contributed by atoms with Crippen LogP contribution in [0.1, 0.15) is 12.5 Å². The Morgan fingerprint density at radius 3 is 2.62 bits per heavy atom. The van der Waals surface area contributed by atoms with E-state index in [1.165, 1.54) is 26.2 Å². The Balaban J connectivity index is 3.34. The maximum atomic E-state index is 11.0. The summed E-state index contributed by atoms with van der Waals surface area (Å²) < 4.78 is 4.93. The Labute approximate surface area is 97.1 Å². The summed E-state index contributed by atoms with van der Waals surface area (Å²) in [4.78, 5) is 21.2. The fourth-order valence-electron chi connectivity index (χ4n) is 1.35. The number of Topliss-reactive ketones (excluding diaryl/α,β-unsaturated/α-hetero) is 1. The van der Waals surface area contributed by atoms with Crippen molar-refractivity contribution in [3.8, 4) is 5.75 Å². The van der Waals surface area contributed by atoms with Gasteiger partial charge in [0.1, 0.15) is 16.6 Å². The standard InChI is InChI=1S/C10H10ClNO4/c1-6(13)3-7-4-8(16-2)5-9(11)10(7)12(14)15/h4-5H,3H2,1-2H3. The highest BCUT2D eigenvalue weighted by molar-refractivity contribution is 6.33. The van der Waals surface area contributed by atoms with Gasteiger partial charge in [0.2, 0.25) is 0 Å². The van der Waals surface area contributed by atoms with E-state index in [1.807, 2.05) is 0 Å². The number of carbonyl (C=O) groups is 1. The molecule has 16 heavy (non-hydrogen) atoms. The smallest absolute Gasteiger partial charge is 0.291 e. The summed E-state index contributed by atoms with van der Waals surface area (Å²) in [6, 6.07) is 2.80. The molecule has 1 rings (SSSR count). The first-order valence-corrected chi connectivity index (χ1v) is 4.83. The third kappa shape index (κ3) is 2.70. The minimum Gasteiger partial charge on any atom is -0.497 e. The van der Waals surface area contributed by atoms with Gasteiger partial charge in [0.15, 0.2) is 0 Å². The van der Waals surface area contributed by atoms with Gasteiger partial charge in [-0.15, -0.1) is 0 Å². The van der Waals surface area contributed by atoms with Crippen molar-refractivity contribution in [1.82, 2.24) is 0 Å². The van der Waals surface area contributed by atoms with Crippen LogP contribution in [0.25, 0.3) is 0 Å². The van der Waals surface area contributed by atoms with E-state index in [4.69, 9.17) is 16.3 Å². The zero-order chi connectivity index (χ0) is 12.3. The number of hydrogen-bond acceptors (Lipinski definition) is 4. The van der Waals surface area contributed by atoms with Crippen LogP contribution in [0.5, 0.6) is 5.75 Å². The Hall–Kier alpha value is -1.62. The molecular formula is C10H10ClNO4. The van der Waals surface area contributed by atoms with Crippen LogP contribution in [0, 0.1) is 10.1 Å². The topological polar surface area (TPSA) is 69.4 Å². The lowest BCUT2D eigenvalue weighted by atomic mass is 10.1. The number of ketones is 1. The molecule has 6 heteroatoms. The van der Waals surface area contributed by atoms with E-state index in [0.717, 1.165) is 0 Å². The molecule has 0 bridgehead atoms. The first-order valence-electron chi connectivity index (χ1n) is 4.46. The number of nitro groups is 1. The van der Waals surface area contributed by atoms with Crippen molar-refractivity contribution >= 4 is 23.1 Å².